The normalized spacial score (nSPS) is 12.7. The predicted molar refractivity (Wildman–Crippen MR) is 158 cm³/mol. The Hall–Kier alpha value is -4.38. The van der Waals surface area contributed by atoms with E-state index in [-0.39, 0.29) is 33.8 Å². The van der Waals surface area contributed by atoms with Crippen LogP contribution in [0.3, 0.4) is 0 Å². The Balaban J connectivity index is 1.66. The number of hydrogen-bond donors (Lipinski definition) is 2. The molecule has 0 atom stereocenters. The zero-order valence-electron chi connectivity index (χ0n) is 23.4. The molecule has 0 saturated carbocycles. The maximum atomic E-state index is 13.8. The van der Waals surface area contributed by atoms with Gasteiger partial charge in [0.2, 0.25) is 0 Å². The first-order valence-electron chi connectivity index (χ1n) is 13.3. The summed E-state index contributed by atoms with van der Waals surface area (Å²) in [7, 11) is 0. The van der Waals surface area contributed by atoms with Crippen LogP contribution < -0.4 is 15.8 Å². The van der Waals surface area contributed by atoms with Crippen molar-refractivity contribution in [3.8, 4) is 11.5 Å². The first-order chi connectivity index (χ1) is 18.5. The molecule has 4 aromatic rings. The van der Waals surface area contributed by atoms with Crippen molar-refractivity contribution in [3.05, 3.63) is 111 Å². The summed E-state index contributed by atoms with van der Waals surface area (Å²) in [5.74, 6) is 0.390. The number of fused-ring (bicyclic) bond motifs is 2. The fraction of sp³-hybridized carbons (Fsp3) is 0.235. The highest BCUT2D eigenvalue weighted by Gasteiger charge is 2.35. The zero-order valence-corrected chi connectivity index (χ0v) is 23.4. The lowest BCUT2D eigenvalue weighted by Crippen LogP contribution is -2.24. The molecular weight excluding hydrogens is 484 g/mol. The van der Waals surface area contributed by atoms with Gasteiger partial charge in [-0.05, 0) is 61.4 Å². The molecule has 0 saturated heterocycles. The Morgan fingerprint density at radius 3 is 1.95 bits per heavy atom. The van der Waals surface area contributed by atoms with Crippen LogP contribution >= 0.6 is 0 Å². The molecule has 0 aliphatic heterocycles. The highest BCUT2D eigenvalue weighted by atomic mass is 16.5. The van der Waals surface area contributed by atoms with Crippen molar-refractivity contribution in [1.82, 2.24) is 0 Å². The number of ether oxygens (including phenoxy) is 1. The first-order valence-corrected chi connectivity index (χ1v) is 13.3. The summed E-state index contributed by atoms with van der Waals surface area (Å²) in [6.07, 6.45) is 1.01. The van der Waals surface area contributed by atoms with Crippen molar-refractivity contribution in [2.24, 2.45) is 0 Å². The number of nitrogens with two attached hydrogens (primary N) is 1. The summed E-state index contributed by atoms with van der Waals surface area (Å²) in [4.78, 5) is 27.5. The molecule has 39 heavy (non-hydrogen) atoms. The van der Waals surface area contributed by atoms with Crippen molar-refractivity contribution in [2.75, 3.05) is 11.1 Å². The van der Waals surface area contributed by atoms with Gasteiger partial charge < -0.3 is 15.8 Å². The van der Waals surface area contributed by atoms with E-state index >= 15 is 0 Å². The molecule has 5 heteroatoms. The number of hydrogen-bond acceptors (Lipinski definition) is 5. The summed E-state index contributed by atoms with van der Waals surface area (Å²) < 4.78 is 6.28. The molecule has 0 aromatic heterocycles. The average molecular weight is 519 g/mol. The third kappa shape index (κ3) is 4.59. The van der Waals surface area contributed by atoms with Crippen molar-refractivity contribution >= 4 is 28.6 Å². The largest absolute Gasteiger partial charge is 0.455 e. The van der Waals surface area contributed by atoms with E-state index in [0.29, 0.717) is 28.3 Å². The van der Waals surface area contributed by atoms with Gasteiger partial charge in [-0.2, -0.15) is 0 Å². The molecule has 0 heterocycles. The summed E-state index contributed by atoms with van der Waals surface area (Å²) >= 11 is 0. The van der Waals surface area contributed by atoms with Crippen LogP contribution in [0.25, 0.3) is 0 Å². The number of nitrogen functional groups attached to an aromatic ring is 1. The van der Waals surface area contributed by atoms with Crippen LogP contribution in [0.1, 0.15) is 81.3 Å². The first kappa shape index (κ1) is 26.2. The highest BCUT2D eigenvalue weighted by molar-refractivity contribution is 6.32. The molecule has 0 fully saturated rings. The van der Waals surface area contributed by atoms with Gasteiger partial charge in [0.15, 0.2) is 17.3 Å². The van der Waals surface area contributed by atoms with Gasteiger partial charge in [-0.3, -0.25) is 9.59 Å². The molecule has 0 unspecified atom stereocenters. The number of aryl methyl sites for hydroxylation is 3. The monoisotopic (exact) mass is 518 g/mol. The molecule has 0 amide bonds. The lowest BCUT2D eigenvalue weighted by atomic mass is 9.82. The molecule has 1 aliphatic rings. The Morgan fingerprint density at radius 2 is 1.38 bits per heavy atom. The summed E-state index contributed by atoms with van der Waals surface area (Å²) in [5.41, 5.74) is 13.7. The summed E-state index contributed by atoms with van der Waals surface area (Å²) in [5, 5.41) is 3.46. The third-order valence-corrected chi connectivity index (χ3v) is 7.88. The van der Waals surface area contributed by atoms with E-state index in [4.69, 9.17) is 10.5 Å². The van der Waals surface area contributed by atoms with Gasteiger partial charge in [0.25, 0.3) is 0 Å². The van der Waals surface area contributed by atoms with E-state index in [1.807, 2.05) is 32.9 Å². The molecule has 5 nitrogen and oxygen atoms in total. The minimum Gasteiger partial charge on any atom is -0.455 e. The van der Waals surface area contributed by atoms with Gasteiger partial charge in [0.05, 0.1) is 22.5 Å². The van der Waals surface area contributed by atoms with Crippen molar-refractivity contribution in [2.45, 2.75) is 53.4 Å². The Labute approximate surface area is 230 Å². The standard InChI is InChI=1S/C34H34N2O3/c1-7-34(5,6)22-12-14-23(15-13-22)39-27-18-26(36-31-20(3)16-19(2)17-21(31)4)28-29(30(27)35)33(38)25-11-9-8-10-24(25)32(28)37/h8-18,36H,7,35H2,1-6H3. The maximum Gasteiger partial charge on any atom is 0.196 e. The minimum absolute atomic E-state index is 0.0460. The number of ketones is 2. The Bertz CT molecular complexity index is 1610. The van der Waals surface area contributed by atoms with Crippen molar-refractivity contribution < 1.29 is 14.3 Å². The lowest BCUT2D eigenvalue weighted by Gasteiger charge is -2.25. The molecular formula is C34H34N2O3. The van der Waals surface area contributed by atoms with E-state index in [9.17, 15) is 9.59 Å². The Kier molecular flexibility index (Phi) is 6.55. The van der Waals surface area contributed by atoms with Crippen molar-refractivity contribution in [1.29, 1.82) is 0 Å². The molecule has 0 radical (unpaired) electrons. The quantitative estimate of drug-likeness (QED) is 0.221. The SMILES string of the molecule is CCC(C)(C)c1ccc(Oc2cc(Nc3c(C)cc(C)cc3C)c3c(c2N)C(=O)c2ccccc2C3=O)cc1. The number of nitrogens with one attached hydrogen (secondary N) is 1. The van der Waals surface area contributed by atoms with Crippen LogP contribution in [0.5, 0.6) is 11.5 Å². The van der Waals surface area contributed by atoms with Gasteiger partial charge in [0.1, 0.15) is 5.75 Å². The van der Waals surface area contributed by atoms with Gasteiger partial charge in [0, 0.05) is 22.9 Å². The molecule has 1 aliphatic carbocycles. The fourth-order valence-corrected chi connectivity index (χ4v) is 5.29. The number of anilines is 3. The topological polar surface area (TPSA) is 81.4 Å². The molecule has 0 bridgehead atoms. The van der Waals surface area contributed by atoms with Gasteiger partial charge in [-0.1, -0.05) is 74.9 Å². The molecule has 198 valence electrons. The van der Waals surface area contributed by atoms with Crippen LogP contribution in [0, 0.1) is 20.8 Å². The third-order valence-electron chi connectivity index (χ3n) is 7.88. The van der Waals surface area contributed by atoms with E-state index in [1.54, 1.807) is 30.3 Å². The number of benzene rings is 4. The molecule has 5 rings (SSSR count). The van der Waals surface area contributed by atoms with Crippen LogP contribution in [0.4, 0.5) is 17.1 Å². The second kappa shape index (κ2) is 9.73. The van der Waals surface area contributed by atoms with E-state index in [2.05, 4.69) is 50.4 Å². The maximum absolute atomic E-state index is 13.8. The van der Waals surface area contributed by atoms with E-state index in [1.165, 1.54) is 5.56 Å². The van der Waals surface area contributed by atoms with E-state index in [0.717, 1.165) is 28.8 Å². The van der Waals surface area contributed by atoms with Gasteiger partial charge in [-0.25, -0.2) is 0 Å². The zero-order chi connectivity index (χ0) is 28.1. The number of carbonyl (C=O) groups is 2. The van der Waals surface area contributed by atoms with Crippen LogP contribution in [0.15, 0.2) is 66.7 Å². The van der Waals surface area contributed by atoms with Crippen LogP contribution in [0.2, 0.25) is 0 Å². The minimum atomic E-state index is -0.288. The van der Waals surface area contributed by atoms with E-state index < -0.39 is 0 Å². The number of rotatable bonds is 6. The fourth-order valence-electron chi connectivity index (χ4n) is 5.29. The van der Waals surface area contributed by atoms with Gasteiger partial charge >= 0.3 is 0 Å². The molecule has 4 aromatic carbocycles. The molecule has 3 N–H and O–H groups in total. The number of carbonyl (C=O) groups excluding carboxylic acids is 2. The predicted octanol–water partition coefficient (Wildman–Crippen LogP) is 8.19. The van der Waals surface area contributed by atoms with Crippen molar-refractivity contribution in [3.63, 3.8) is 0 Å². The molecule has 0 spiro atoms. The Morgan fingerprint density at radius 1 is 0.821 bits per heavy atom. The second-order valence-corrected chi connectivity index (χ2v) is 11.1. The summed E-state index contributed by atoms with van der Waals surface area (Å²) in [6.45, 7) is 12.7. The van der Waals surface area contributed by atoms with Crippen LogP contribution in [-0.4, -0.2) is 11.6 Å². The van der Waals surface area contributed by atoms with Gasteiger partial charge in [-0.15, -0.1) is 0 Å². The highest BCUT2D eigenvalue weighted by Crippen LogP contribution is 2.43. The van der Waals surface area contributed by atoms with Crippen LogP contribution in [-0.2, 0) is 5.41 Å². The second-order valence-electron chi connectivity index (χ2n) is 11.1. The smallest absolute Gasteiger partial charge is 0.196 e. The summed E-state index contributed by atoms with van der Waals surface area (Å²) in [6, 6.07) is 20.7. The lowest BCUT2D eigenvalue weighted by molar-refractivity contribution is 0.0980. The average Bonchev–Trinajstić information content (AvgIpc) is 2.91.